The van der Waals surface area contributed by atoms with Crippen molar-refractivity contribution in [3.8, 4) is 11.5 Å². The topological polar surface area (TPSA) is 134 Å². The minimum absolute atomic E-state index is 0.200. The first-order valence-corrected chi connectivity index (χ1v) is 11.5. The predicted octanol–water partition coefficient (Wildman–Crippen LogP) is 2.53. The van der Waals surface area contributed by atoms with Gasteiger partial charge in [0.25, 0.3) is 0 Å². The minimum atomic E-state index is -1.75. The maximum Gasteiger partial charge on any atom is 0.311 e. The summed E-state index contributed by atoms with van der Waals surface area (Å²) in [6.07, 6.45) is 4.60. The first-order chi connectivity index (χ1) is 15.4. The summed E-state index contributed by atoms with van der Waals surface area (Å²) in [4.78, 5) is 23.2. The molecule has 0 saturated heterocycles. The molecule has 4 atom stereocenters. The molecule has 182 valence electrons. The highest BCUT2D eigenvalue weighted by atomic mass is 16.5. The van der Waals surface area contributed by atoms with Crippen LogP contribution in [0.25, 0.3) is 0 Å². The summed E-state index contributed by atoms with van der Waals surface area (Å²) in [7, 11) is 0. The van der Waals surface area contributed by atoms with Gasteiger partial charge in [-0.25, -0.2) is 0 Å². The van der Waals surface area contributed by atoms with E-state index in [1.54, 1.807) is 0 Å². The quantitative estimate of drug-likeness (QED) is 0.115. The zero-order valence-corrected chi connectivity index (χ0v) is 18.9. The molecule has 0 saturated carbocycles. The molecule has 8 heteroatoms. The lowest BCUT2D eigenvalue weighted by atomic mass is 10.0. The number of benzene rings is 1. The Kier molecular flexibility index (Phi) is 14.5. The number of carbonyl (C=O) groups excluding carboxylic acids is 2. The van der Waals surface area contributed by atoms with E-state index >= 15 is 0 Å². The number of aliphatic hydroxyl groups excluding tert-OH is 4. The van der Waals surface area contributed by atoms with E-state index < -0.39 is 31.0 Å². The molecule has 8 nitrogen and oxygen atoms in total. The summed E-state index contributed by atoms with van der Waals surface area (Å²) in [6, 6.07) is 5.91. The summed E-state index contributed by atoms with van der Waals surface area (Å²) in [5.41, 5.74) is 0. The van der Waals surface area contributed by atoms with E-state index in [-0.39, 0.29) is 18.0 Å². The van der Waals surface area contributed by atoms with Gasteiger partial charge in [-0.3, -0.25) is 9.59 Å². The average molecular weight is 455 g/mol. The zero-order valence-electron chi connectivity index (χ0n) is 18.9. The van der Waals surface area contributed by atoms with E-state index in [1.807, 2.05) is 0 Å². The summed E-state index contributed by atoms with van der Waals surface area (Å²) >= 11 is 0. The van der Waals surface area contributed by atoms with Crippen LogP contribution in [0.3, 0.4) is 0 Å². The Morgan fingerprint density at radius 2 is 1.41 bits per heavy atom. The van der Waals surface area contributed by atoms with Crippen LogP contribution in [0.15, 0.2) is 24.3 Å². The largest absolute Gasteiger partial charge is 0.480 e. The molecule has 1 rings (SSSR count). The summed E-state index contributed by atoms with van der Waals surface area (Å²) < 4.78 is 10.6. The van der Waals surface area contributed by atoms with E-state index in [4.69, 9.17) is 14.6 Å². The highest BCUT2D eigenvalue weighted by molar-refractivity contribution is 5.72. The van der Waals surface area contributed by atoms with E-state index in [2.05, 4.69) is 6.92 Å². The second-order valence-corrected chi connectivity index (χ2v) is 7.97. The molecule has 0 amide bonds. The molecular weight excluding hydrogens is 416 g/mol. The van der Waals surface area contributed by atoms with E-state index in [1.165, 1.54) is 62.8 Å². The molecule has 0 bridgehead atoms. The fourth-order valence-electron chi connectivity index (χ4n) is 3.21. The Hall–Kier alpha value is -2.00. The molecule has 0 spiro atoms. The number of ether oxygens (including phenoxy) is 2. The molecule has 1 aromatic rings. The van der Waals surface area contributed by atoms with Crippen LogP contribution >= 0.6 is 0 Å². The standard InChI is InChI=1S/C24H38O8/c1-2-3-4-5-6-7-8-9-10-11-22(28)32-19-14-12-18(13-15-19)31-21(17-26)24(30)23(29)20(27)16-25/h12-15,17,20-21,23-25,27,29-30H,2-11,16H2,1H3/t20-,21+,23-,24-/m1/s1. The molecule has 0 unspecified atom stereocenters. The fourth-order valence-corrected chi connectivity index (χ4v) is 3.21. The molecule has 4 N–H and O–H groups in total. The van der Waals surface area contributed by atoms with Gasteiger partial charge in [0, 0.05) is 6.42 Å². The second-order valence-electron chi connectivity index (χ2n) is 7.97. The van der Waals surface area contributed by atoms with Gasteiger partial charge >= 0.3 is 5.97 Å². The molecule has 0 aliphatic carbocycles. The first kappa shape index (κ1) is 28.0. The Morgan fingerprint density at radius 1 is 0.875 bits per heavy atom. The van der Waals surface area contributed by atoms with Crippen LogP contribution < -0.4 is 9.47 Å². The van der Waals surface area contributed by atoms with Gasteiger partial charge < -0.3 is 29.9 Å². The molecule has 1 aromatic carbocycles. The lowest BCUT2D eigenvalue weighted by Crippen LogP contribution is -2.48. The predicted molar refractivity (Wildman–Crippen MR) is 120 cm³/mol. The number of hydrogen-bond acceptors (Lipinski definition) is 8. The van der Waals surface area contributed by atoms with Crippen molar-refractivity contribution in [3.05, 3.63) is 24.3 Å². The Labute approximate surface area is 190 Å². The smallest absolute Gasteiger partial charge is 0.311 e. The Balaban J connectivity index is 2.34. The number of unbranched alkanes of at least 4 members (excludes halogenated alkanes) is 8. The van der Waals surface area contributed by atoms with Crippen molar-refractivity contribution in [2.75, 3.05) is 6.61 Å². The maximum absolute atomic E-state index is 12.0. The molecular formula is C24H38O8. The van der Waals surface area contributed by atoms with E-state index in [9.17, 15) is 24.9 Å². The summed E-state index contributed by atoms with van der Waals surface area (Å²) in [5.74, 6) is 0.215. The van der Waals surface area contributed by atoms with Crippen LogP contribution in [-0.4, -0.2) is 63.7 Å². The van der Waals surface area contributed by atoms with Crippen LogP contribution in [0.4, 0.5) is 0 Å². The van der Waals surface area contributed by atoms with Gasteiger partial charge in [-0.15, -0.1) is 0 Å². The number of aliphatic hydroxyl groups is 4. The number of hydrogen-bond donors (Lipinski definition) is 4. The fraction of sp³-hybridized carbons (Fsp3) is 0.667. The molecule has 32 heavy (non-hydrogen) atoms. The van der Waals surface area contributed by atoms with Crippen LogP contribution in [0.2, 0.25) is 0 Å². The van der Waals surface area contributed by atoms with Crippen LogP contribution in [0, 0.1) is 0 Å². The molecule has 0 aliphatic heterocycles. The van der Waals surface area contributed by atoms with Crippen molar-refractivity contribution in [1.82, 2.24) is 0 Å². The Morgan fingerprint density at radius 3 is 1.94 bits per heavy atom. The van der Waals surface area contributed by atoms with Gasteiger partial charge in [0.05, 0.1) is 6.61 Å². The van der Waals surface area contributed by atoms with E-state index in [0.29, 0.717) is 12.2 Å². The summed E-state index contributed by atoms with van der Waals surface area (Å²) in [5, 5.41) is 37.9. The van der Waals surface area contributed by atoms with Gasteiger partial charge in [-0.2, -0.15) is 0 Å². The third kappa shape index (κ3) is 11.0. The van der Waals surface area contributed by atoms with Crippen LogP contribution in [-0.2, 0) is 9.59 Å². The lowest BCUT2D eigenvalue weighted by Gasteiger charge is -2.26. The van der Waals surface area contributed by atoms with Gasteiger partial charge in [0.15, 0.2) is 12.4 Å². The second kappa shape index (κ2) is 16.6. The summed E-state index contributed by atoms with van der Waals surface area (Å²) in [6.45, 7) is 1.43. The highest BCUT2D eigenvalue weighted by Gasteiger charge is 2.32. The van der Waals surface area contributed by atoms with Crippen molar-refractivity contribution in [2.24, 2.45) is 0 Å². The van der Waals surface area contributed by atoms with Gasteiger partial charge in [0.1, 0.15) is 29.8 Å². The van der Waals surface area contributed by atoms with Crippen molar-refractivity contribution >= 4 is 12.3 Å². The van der Waals surface area contributed by atoms with Gasteiger partial charge in [0.2, 0.25) is 0 Å². The average Bonchev–Trinajstić information content (AvgIpc) is 2.81. The highest BCUT2D eigenvalue weighted by Crippen LogP contribution is 2.21. The van der Waals surface area contributed by atoms with Gasteiger partial charge in [-0.05, 0) is 30.7 Å². The van der Waals surface area contributed by atoms with Crippen LogP contribution in [0.1, 0.15) is 71.1 Å². The number of rotatable bonds is 18. The normalized spacial score (nSPS) is 14.9. The molecule has 0 aliphatic rings. The minimum Gasteiger partial charge on any atom is -0.480 e. The SMILES string of the molecule is CCCCCCCCCCCC(=O)Oc1ccc(O[C@@H](C=O)[C@@H](O)[C@H](O)[C@H](O)CO)cc1. The van der Waals surface area contributed by atoms with Crippen LogP contribution in [0.5, 0.6) is 11.5 Å². The number of esters is 1. The first-order valence-electron chi connectivity index (χ1n) is 11.5. The monoisotopic (exact) mass is 454 g/mol. The Bertz CT molecular complexity index is 633. The molecule has 0 heterocycles. The maximum atomic E-state index is 12.0. The van der Waals surface area contributed by atoms with Crippen molar-refractivity contribution in [3.63, 3.8) is 0 Å². The van der Waals surface area contributed by atoms with Gasteiger partial charge in [-0.1, -0.05) is 58.3 Å². The van der Waals surface area contributed by atoms with Crippen molar-refractivity contribution in [1.29, 1.82) is 0 Å². The van der Waals surface area contributed by atoms with Crippen molar-refractivity contribution in [2.45, 2.75) is 95.5 Å². The van der Waals surface area contributed by atoms with E-state index in [0.717, 1.165) is 19.3 Å². The third-order valence-electron chi connectivity index (χ3n) is 5.21. The molecule has 0 aromatic heterocycles. The lowest BCUT2D eigenvalue weighted by molar-refractivity contribution is -0.134. The number of carbonyl (C=O) groups is 2. The molecule has 0 radical (unpaired) electrons. The third-order valence-corrected chi connectivity index (χ3v) is 5.21. The van der Waals surface area contributed by atoms with Crippen molar-refractivity contribution < 1.29 is 39.5 Å². The zero-order chi connectivity index (χ0) is 23.8. The molecule has 0 fully saturated rings. The number of aldehydes is 1.